The third-order valence-corrected chi connectivity index (χ3v) is 2.10. The zero-order valence-electron chi connectivity index (χ0n) is 6.51. The Bertz CT molecular complexity index is 276. The molecule has 0 amide bonds. The molecule has 0 radical (unpaired) electrons. The molecule has 0 aromatic carbocycles. The van der Waals surface area contributed by atoms with Gasteiger partial charge in [0.15, 0.2) is 0 Å². The zero-order valence-corrected chi connectivity index (χ0v) is 8.08. The molecule has 2 rings (SSSR count). The summed E-state index contributed by atoms with van der Waals surface area (Å²) in [6, 6.07) is 3.88. The molecule has 0 saturated carbocycles. The van der Waals surface area contributed by atoms with Crippen molar-refractivity contribution in [2.24, 2.45) is 0 Å². The van der Waals surface area contributed by atoms with Crippen molar-refractivity contribution in [3.8, 4) is 0 Å². The van der Waals surface area contributed by atoms with E-state index in [9.17, 15) is 0 Å². The number of hydrogen-bond donors (Lipinski definition) is 1. The fraction of sp³-hybridized carbons (Fsp3) is 0.375. The van der Waals surface area contributed by atoms with Crippen molar-refractivity contribution in [2.75, 3.05) is 6.54 Å². The van der Waals surface area contributed by atoms with Gasteiger partial charge in [-0.1, -0.05) is 17.7 Å². The first kappa shape index (κ1) is 9.78. The molecule has 0 saturated heterocycles. The van der Waals surface area contributed by atoms with Crippen LogP contribution in [0.3, 0.4) is 0 Å². The molecule has 1 aromatic rings. The summed E-state index contributed by atoms with van der Waals surface area (Å²) in [5, 5.41) is 3.88. The Labute approximate surface area is 82.7 Å². The molecule has 1 N–H and O–H groups in total. The van der Waals surface area contributed by atoms with Gasteiger partial charge in [0, 0.05) is 25.2 Å². The number of halogens is 2. The van der Waals surface area contributed by atoms with Crippen molar-refractivity contribution in [1.29, 1.82) is 0 Å². The highest BCUT2D eigenvalue weighted by Gasteiger charge is 2.08. The van der Waals surface area contributed by atoms with E-state index in [1.54, 1.807) is 0 Å². The molecule has 12 heavy (non-hydrogen) atoms. The van der Waals surface area contributed by atoms with Crippen LogP contribution in [0.4, 0.5) is 0 Å². The molecule has 0 bridgehead atoms. The molecule has 0 fully saturated rings. The fourth-order valence-electron chi connectivity index (χ4n) is 1.31. The molecular weight excluding hydrogens is 195 g/mol. The van der Waals surface area contributed by atoms with Crippen molar-refractivity contribution in [2.45, 2.75) is 13.0 Å². The van der Waals surface area contributed by atoms with Crippen molar-refractivity contribution in [3.63, 3.8) is 0 Å². The zero-order chi connectivity index (χ0) is 7.68. The minimum atomic E-state index is 0. The quantitative estimate of drug-likeness (QED) is 0.653. The van der Waals surface area contributed by atoms with Gasteiger partial charge >= 0.3 is 0 Å². The van der Waals surface area contributed by atoms with Crippen LogP contribution in [0, 0.1) is 0 Å². The highest BCUT2D eigenvalue weighted by molar-refractivity contribution is 6.29. The van der Waals surface area contributed by atoms with Crippen molar-refractivity contribution >= 4 is 24.0 Å². The lowest BCUT2D eigenvalue weighted by Gasteiger charge is -2.15. The average molecular weight is 205 g/mol. The average Bonchev–Trinajstić information content (AvgIpc) is 2.04. The van der Waals surface area contributed by atoms with E-state index in [0.717, 1.165) is 25.2 Å². The Morgan fingerprint density at radius 1 is 1.42 bits per heavy atom. The highest BCUT2D eigenvalue weighted by atomic mass is 35.5. The molecule has 0 aliphatic carbocycles. The topological polar surface area (TPSA) is 24.9 Å². The summed E-state index contributed by atoms with van der Waals surface area (Å²) in [4.78, 5) is 4.24. The Hall–Kier alpha value is -0.310. The second kappa shape index (κ2) is 4.08. The van der Waals surface area contributed by atoms with Crippen LogP contribution in [-0.2, 0) is 13.0 Å². The number of hydrogen-bond acceptors (Lipinski definition) is 2. The van der Waals surface area contributed by atoms with E-state index in [-0.39, 0.29) is 12.4 Å². The van der Waals surface area contributed by atoms with Gasteiger partial charge in [-0.15, -0.1) is 12.4 Å². The standard InChI is InChI=1S/C8H9ClN2.ClH/c9-8-2-1-6-5-10-4-3-7(6)11-8;/h1-2,10H,3-5H2;1H. The number of pyridine rings is 1. The summed E-state index contributed by atoms with van der Waals surface area (Å²) in [7, 11) is 0. The second-order valence-corrected chi connectivity index (χ2v) is 3.05. The van der Waals surface area contributed by atoms with E-state index >= 15 is 0 Å². The van der Waals surface area contributed by atoms with E-state index in [4.69, 9.17) is 11.6 Å². The van der Waals surface area contributed by atoms with Gasteiger partial charge in [0.05, 0.1) is 0 Å². The minimum Gasteiger partial charge on any atom is -0.312 e. The summed E-state index contributed by atoms with van der Waals surface area (Å²) in [6.07, 6.45) is 0.996. The molecule has 1 aliphatic heterocycles. The molecule has 0 spiro atoms. The SMILES string of the molecule is Cl.Clc1ccc2c(n1)CCNC2. The first-order chi connectivity index (χ1) is 5.36. The predicted octanol–water partition coefficient (Wildman–Crippen LogP) is 1.80. The normalized spacial score (nSPS) is 14.8. The van der Waals surface area contributed by atoms with Gasteiger partial charge in [0.2, 0.25) is 0 Å². The monoisotopic (exact) mass is 204 g/mol. The molecule has 1 aromatic heterocycles. The molecule has 0 unspecified atom stereocenters. The maximum absolute atomic E-state index is 5.75. The Morgan fingerprint density at radius 3 is 3.08 bits per heavy atom. The van der Waals surface area contributed by atoms with Gasteiger partial charge in [0.1, 0.15) is 5.15 Å². The van der Waals surface area contributed by atoms with Gasteiger partial charge in [-0.2, -0.15) is 0 Å². The van der Waals surface area contributed by atoms with Crippen LogP contribution in [0.1, 0.15) is 11.3 Å². The number of fused-ring (bicyclic) bond motifs is 1. The highest BCUT2D eigenvalue weighted by Crippen LogP contribution is 2.14. The summed E-state index contributed by atoms with van der Waals surface area (Å²) in [6.45, 7) is 1.94. The fourth-order valence-corrected chi connectivity index (χ4v) is 1.48. The van der Waals surface area contributed by atoms with Crippen LogP contribution in [0.15, 0.2) is 12.1 Å². The van der Waals surface area contributed by atoms with Crippen molar-refractivity contribution in [3.05, 3.63) is 28.5 Å². The third-order valence-electron chi connectivity index (χ3n) is 1.89. The molecule has 1 aliphatic rings. The molecule has 66 valence electrons. The van der Waals surface area contributed by atoms with E-state index in [1.165, 1.54) is 5.56 Å². The first-order valence-corrected chi connectivity index (χ1v) is 4.09. The molecule has 2 heterocycles. The maximum atomic E-state index is 5.75. The molecular formula is C8H10Cl2N2. The van der Waals surface area contributed by atoms with Crippen LogP contribution in [0.25, 0.3) is 0 Å². The van der Waals surface area contributed by atoms with Gasteiger partial charge in [-0.3, -0.25) is 0 Å². The number of rotatable bonds is 0. The summed E-state index contributed by atoms with van der Waals surface area (Å²) in [5.41, 5.74) is 2.43. The number of aromatic nitrogens is 1. The van der Waals surface area contributed by atoms with Crippen LogP contribution in [0.2, 0.25) is 5.15 Å². The van der Waals surface area contributed by atoms with E-state index in [2.05, 4.69) is 10.3 Å². The predicted molar refractivity (Wildman–Crippen MR) is 51.9 cm³/mol. The lowest BCUT2D eigenvalue weighted by Crippen LogP contribution is -2.24. The van der Waals surface area contributed by atoms with Gasteiger partial charge in [-0.25, -0.2) is 4.98 Å². The number of nitrogens with zero attached hydrogens (tertiary/aromatic N) is 1. The van der Waals surface area contributed by atoms with E-state index in [1.807, 2.05) is 12.1 Å². The van der Waals surface area contributed by atoms with Crippen LogP contribution in [-0.4, -0.2) is 11.5 Å². The lowest BCUT2D eigenvalue weighted by molar-refractivity contribution is 0.630. The Kier molecular flexibility index (Phi) is 3.32. The lowest BCUT2D eigenvalue weighted by atomic mass is 10.1. The third kappa shape index (κ3) is 1.89. The summed E-state index contributed by atoms with van der Waals surface area (Å²) in [5.74, 6) is 0. The minimum absolute atomic E-state index is 0. The largest absolute Gasteiger partial charge is 0.312 e. The maximum Gasteiger partial charge on any atom is 0.129 e. The molecule has 0 atom stereocenters. The van der Waals surface area contributed by atoms with Crippen molar-refractivity contribution in [1.82, 2.24) is 10.3 Å². The van der Waals surface area contributed by atoms with Crippen LogP contribution >= 0.6 is 24.0 Å². The Balaban J connectivity index is 0.000000720. The summed E-state index contributed by atoms with van der Waals surface area (Å²) >= 11 is 5.75. The van der Waals surface area contributed by atoms with Gasteiger partial charge < -0.3 is 5.32 Å². The first-order valence-electron chi connectivity index (χ1n) is 3.71. The van der Waals surface area contributed by atoms with Crippen molar-refractivity contribution < 1.29 is 0 Å². The number of nitrogens with one attached hydrogen (secondary N) is 1. The smallest absolute Gasteiger partial charge is 0.129 e. The van der Waals surface area contributed by atoms with Crippen LogP contribution < -0.4 is 5.32 Å². The summed E-state index contributed by atoms with van der Waals surface area (Å²) < 4.78 is 0. The molecule has 4 heteroatoms. The van der Waals surface area contributed by atoms with Gasteiger partial charge in [-0.05, 0) is 11.6 Å². The van der Waals surface area contributed by atoms with E-state index in [0.29, 0.717) is 5.15 Å². The van der Waals surface area contributed by atoms with Crippen LogP contribution in [0.5, 0.6) is 0 Å². The second-order valence-electron chi connectivity index (χ2n) is 2.67. The molecule has 2 nitrogen and oxygen atoms in total. The van der Waals surface area contributed by atoms with E-state index < -0.39 is 0 Å². The van der Waals surface area contributed by atoms with Gasteiger partial charge in [0.25, 0.3) is 0 Å². The Morgan fingerprint density at radius 2 is 2.25 bits per heavy atom.